The van der Waals surface area contributed by atoms with E-state index >= 15 is 0 Å². The van der Waals surface area contributed by atoms with Crippen molar-refractivity contribution < 1.29 is 9.59 Å². The molecule has 1 aliphatic rings. The van der Waals surface area contributed by atoms with Gasteiger partial charge in [-0.25, -0.2) is 5.43 Å². The van der Waals surface area contributed by atoms with E-state index in [1.807, 2.05) is 19.9 Å². The quantitative estimate of drug-likeness (QED) is 0.899. The number of nitrogens with one attached hydrogen (secondary N) is 2. The summed E-state index contributed by atoms with van der Waals surface area (Å²) in [7, 11) is 0. The Morgan fingerprint density at radius 1 is 1.50 bits per heavy atom. The second-order valence-electron chi connectivity index (χ2n) is 4.94. The Labute approximate surface area is 122 Å². The zero-order valence-corrected chi connectivity index (χ0v) is 12.1. The zero-order chi connectivity index (χ0) is 14.7. The van der Waals surface area contributed by atoms with Crippen LogP contribution in [0, 0.1) is 12.8 Å². The van der Waals surface area contributed by atoms with Crippen molar-refractivity contribution in [2.24, 2.45) is 11.0 Å². The fraction of sp³-hybridized carbons (Fsp3) is 0.357. The number of amides is 2. The van der Waals surface area contributed by atoms with Gasteiger partial charge >= 0.3 is 0 Å². The van der Waals surface area contributed by atoms with Gasteiger partial charge in [0.1, 0.15) is 0 Å². The monoisotopic (exact) mass is 293 g/mol. The van der Waals surface area contributed by atoms with E-state index in [1.165, 1.54) is 0 Å². The van der Waals surface area contributed by atoms with Crippen LogP contribution in [0.15, 0.2) is 23.3 Å². The molecule has 0 aromatic heterocycles. The highest BCUT2D eigenvalue weighted by atomic mass is 35.5. The molecule has 1 atom stereocenters. The Morgan fingerprint density at radius 2 is 2.25 bits per heavy atom. The Balaban J connectivity index is 1.97. The molecular weight excluding hydrogens is 278 g/mol. The van der Waals surface area contributed by atoms with Crippen LogP contribution in [-0.2, 0) is 9.59 Å². The molecule has 1 unspecified atom stereocenters. The number of hydrazone groups is 1. The van der Waals surface area contributed by atoms with Crippen LogP contribution < -0.4 is 10.7 Å². The molecule has 6 heteroatoms. The minimum absolute atomic E-state index is 0.129. The van der Waals surface area contributed by atoms with Gasteiger partial charge in [-0.15, -0.1) is 0 Å². The van der Waals surface area contributed by atoms with Crippen molar-refractivity contribution in [2.45, 2.75) is 26.7 Å². The highest BCUT2D eigenvalue weighted by Gasteiger charge is 2.25. The second kappa shape index (κ2) is 6.05. The first kappa shape index (κ1) is 14.5. The molecule has 106 valence electrons. The number of anilines is 1. The molecule has 2 amide bonds. The third-order valence-electron chi connectivity index (χ3n) is 3.16. The molecule has 0 bridgehead atoms. The minimum atomic E-state index is -0.367. The normalized spacial score (nSPS) is 18.2. The molecular formula is C14H16ClN3O2. The van der Waals surface area contributed by atoms with Gasteiger partial charge in [0, 0.05) is 22.8 Å². The number of carbonyl (C=O) groups is 2. The van der Waals surface area contributed by atoms with E-state index in [0.717, 1.165) is 11.3 Å². The van der Waals surface area contributed by atoms with Gasteiger partial charge in [0.2, 0.25) is 11.8 Å². The predicted octanol–water partition coefficient (Wildman–Crippen LogP) is 2.49. The molecule has 1 heterocycles. The van der Waals surface area contributed by atoms with Gasteiger partial charge in [0.15, 0.2) is 0 Å². The van der Waals surface area contributed by atoms with Gasteiger partial charge in [-0.05, 0) is 38.0 Å². The molecule has 1 aliphatic heterocycles. The Hall–Kier alpha value is -1.88. The largest absolute Gasteiger partial charge is 0.326 e. The Morgan fingerprint density at radius 3 is 2.95 bits per heavy atom. The van der Waals surface area contributed by atoms with Crippen LogP contribution in [-0.4, -0.2) is 17.5 Å². The van der Waals surface area contributed by atoms with E-state index in [2.05, 4.69) is 15.8 Å². The summed E-state index contributed by atoms with van der Waals surface area (Å²) in [6.07, 6.45) is 0.637. The number of hydrogen-bond acceptors (Lipinski definition) is 3. The maximum atomic E-state index is 12.0. The van der Waals surface area contributed by atoms with E-state index in [9.17, 15) is 9.59 Å². The zero-order valence-electron chi connectivity index (χ0n) is 11.4. The van der Waals surface area contributed by atoms with Crippen molar-refractivity contribution >= 4 is 34.8 Å². The van der Waals surface area contributed by atoms with E-state index in [-0.39, 0.29) is 24.2 Å². The van der Waals surface area contributed by atoms with Gasteiger partial charge in [0.05, 0.1) is 5.92 Å². The fourth-order valence-electron chi connectivity index (χ4n) is 2.01. The number of benzene rings is 1. The minimum Gasteiger partial charge on any atom is -0.326 e. The van der Waals surface area contributed by atoms with Crippen LogP contribution in [0.2, 0.25) is 5.02 Å². The van der Waals surface area contributed by atoms with E-state index in [1.54, 1.807) is 12.1 Å². The Bertz CT molecular complexity index is 584. The molecule has 1 aromatic carbocycles. The number of hydrogen-bond donors (Lipinski definition) is 2. The van der Waals surface area contributed by atoms with Crippen LogP contribution in [0.4, 0.5) is 5.69 Å². The average Bonchev–Trinajstić information content (AvgIpc) is 2.38. The van der Waals surface area contributed by atoms with E-state index in [0.29, 0.717) is 17.1 Å². The predicted molar refractivity (Wildman–Crippen MR) is 78.8 cm³/mol. The number of carbonyl (C=O) groups excluding carboxylic acids is 2. The number of aryl methyl sites for hydroxylation is 1. The lowest BCUT2D eigenvalue weighted by Crippen LogP contribution is -2.35. The molecule has 0 saturated heterocycles. The van der Waals surface area contributed by atoms with Crippen LogP contribution in [0.5, 0.6) is 0 Å². The molecule has 0 spiro atoms. The highest BCUT2D eigenvalue weighted by molar-refractivity contribution is 6.31. The maximum Gasteiger partial charge on any atom is 0.244 e. The SMILES string of the molecule is CC1=NNC(=O)C(CC(=O)Nc2ccc(C)c(Cl)c2)C1. The lowest BCUT2D eigenvalue weighted by Gasteiger charge is -2.19. The van der Waals surface area contributed by atoms with Crippen molar-refractivity contribution in [1.29, 1.82) is 0 Å². The summed E-state index contributed by atoms with van der Waals surface area (Å²) in [4.78, 5) is 23.6. The van der Waals surface area contributed by atoms with Crippen LogP contribution in [0.1, 0.15) is 25.3 Å². The van der Waals surface area contributed by atoms with Crippen molar-refractivity contribution in [2.75, 3.05) is 5.32 Å². The molecule has 5 nitrogen and oxygen atoms in total. The molecule has 1 aromatic rings. The lowest BCUT2D eigenvalue weighted by atomic mass is 9.96. The summed E-state index contributed by atoms with van der Waals surface area (Å²) in [5.41, 5.74) is 4.81. The summed E-state index contributed by atoms with van der Waals surface area (Å²) >= 11 is 6.00. The van der Waals surface area contributed by atoms with Gasteiger partial charge in [-0.2, -0.15) is 5.10 Å². The third kappa shape index (κ3) is 3.57. The first-order valence-corrected chi connectivity index (χ1v) is 6.72. The molecule has 0 fully saturated rings. The first-order chi connectivity index (χ1) is 9.45. The summed E-state index contributed by atoms with van der Waals surface area (Å²) in [5, 5.41) is 7.19. The summed E-state index contributed by atoms with van der Waals surface area (Å²) in [6, 6.07) is 5.32. The molecule has 20 heavy (non-hydrogen) atoms. The van der Waals surface area contributed by atoms with Crippen molar-refractivity contribution in [3.8, 4) is 0 Å². The standard InChI is InChI=1S/C14H16ClN3O2/c1-8-3-4-11(7-12(8)15)16-13(19)6-10-5-9(2)17-18-14(10)20/h3-4,7,10H,5-6H2,1-2H3,(H,16,19)(H,18,20). The van der Waals surface area contributed by atoms with Crippen molar-refractivity contribution in [3.63, 3.8) is 0 Å². The van der Waals surface area contributed by atoms with Gasteiger partial charge in [-0.1, -0.05) is 17.7 Å². The van der Waals surface area contributed by atoms with Crippen molar-refractivity contribution in [1.82, 2.24) is 5.43 Å². The topological polar surface area (TPSA) is 70.6 Å². The van der Waals surface area contributed by atoms with Gasteiger partial charge in [-0.3, -0.25) is 9.59 Å². The number of halogens is 1. The number of nitrogens with zero attached hydrogens (tertiary/aromatic N) is 1. The van der Waals surface area contributed by atoms with Crippen LogP contribution >= 0.6 is 11.6 Å². The van der Waals surface area contributed by atoms with Gasteiger partial charge in [0.25, 0.3) is 0 Å². The van der Waals surface area contributed by atoms with Crippen LogP contribution in [0.3, 0.4) is 0 Å². The van der Waals surface area contributed by atoms with E-state index in [4.69, 9.17) is 11.6 Å². The Kier molecular flexibility index (Phi) is 4.39. The number of rotatable bonds is 3. The van der Waals surface area contributed by atoms with Crippen molar-refractivity contribution in [3.05, 3.63) is 28.8 Å². The third-order valence-corrected chi connectivity index (χ3v) is 3.56. The molecule has 0 saturated carbocycles. The summed E-state index contributed by atoms with van der Waals surface area (Å²) in [5.74, 6) is -0.791. The first-order valence-electron chi connectivity index (χ1n) is 6.34. The molecule has 0 aliphatic carbocycles. The maximum absolute atomic E-state index is 12.0. The van der Waals surface area contributed by atoms with E-state index < -0.39 is 0 Å². The van der Waals surface area contributed by atoms with Crippen LogP contribution in [0.25, 0.3) is 0 Å². The lowest BCUT2D eigenvalue weighted by molar-refractivity contribution is -0.128. The smallest absolute Gasteiger partial charge is 0.244 e. The highest BCUT2D eigenvalue weighted by Crippen LogP contribution is 2.21. The molecule has 2 rings (SSSR count). The molecule has 0 radical (unpaired) electrons. The average molecular weight is 294 g/mol. The summed E-state index contributed by atoms with van der Waals surface area (Å²) in [6.45, 7) is 3.71. The molecule has 2 N–H and O–H groups in total. The fourth-order valence-corrected chi connectivity index (χ4v) is 2.19. The van der Waals surface area contributed by atoms with Gasteiger partial charge < -0.3 is 5.32 Å². The summed E-state index contributed by atoms with van der Waals surface area (Å²) < 4.78 is 0. The second-order valence-corrected chi connectivity index (χ2v) is 5.35.